The Morgan fingerprint density at radius 1 is 1.62 bits per heavy atom. The lowest BCUT2D eigenvalue weighted by Gasteiger charge is -1.97. The quantitative estimate of drug-likeness (QED) is 0.378. The molecule has 13 heavy (non-hydrogen) atoms. The van der Waals surface area contributed by atoms with Crippen LogP contribution in [0.1, 0.15) is 10.6 Å². The molecule has 0 atom stereocenters. The monoisotopic (exact) mass is 191 g/mol. The lowest BCUT2D eigenvalue weighted by atomic mass is 10.6. The second-order valence-electron chi connectivity index (χ2n) is 1.56. The van der Waals surface area contributed by atoms with E-state index in [9.17, 15) is 20.0 Å². The third-order valence-corrected chi connectivity index (χ3v) is 0.828. The number of quaternary nitrogens is 1. The number of rotatable bonds is 3. The van der Waals surface area contributed by atoms with E-state index in [0.29, 0.717) is 0 Å². The summed E-state index contributed by atoms with van der Waals surface area (Å²) in [6.45, 7) is 0. The van der Waals surface area contributed by atoms with Gasteiger partial charge in [-0.05, 0) is 5.53 Å². The lowest BCUT2D eigenvalue weighted by Crippen LogP contribution is -2.32. The molecule has 0 radical (unpaired) electrons. The number of nitrogens with zero attached hydrogens (tertiary/aromatic N) is 5. The van der Waals surface area contributed by atoms with Crippen molar-refractivity contribution in [3.63, 3.8) is 0 Å². The lowest BCUT2D eigenvalue weighted by molar-refractivity contribution is -0.463. The van der Waals surface area contributed by atoms with Gasteiger partial charge in [-0.3, -0.25) is 0 Å². The number of carbonyl (C=O) groups excluding carboxylic acids is 1. The van der Waals surface area contributed by atoms with Gasteiger partial charge >= 0.3 is 5.82 Å². The van der Waals surface area contributed by atoms with E-state index in [1.165, 1.54) is 5.53 Å². The van der Waals surface area contributed by atoms with Gasteiger partial charge in [0, 0.05) is 10.0 Å². The van der Waals surface area contributed by atoms with Crippen molar-refractivity contribution in [3.8, 4) is 0 Å². The normalized spacial score (nSPS) is 8.62. The molecule has 0 aliphatic carbocycles. The Balaban J connectivity index is 0.00000144. The first-order chi connectivity index (χ1) is 5.61. The van der Waals surface area contributed by atoms with Crippen molar-refractivity contribution in [2.75, 3.05) is 5.53 Å². The molecule has 0 spiro atoms. The maximum Gasteiger partial charge on any atom is 0.315 e. The number of nitro groups is 1. The fourth-order valence-electron chi connectivity index (χ4n) is 0.459. The van der Waals surface area contributed by atoms with Crippen molar-refractivity contribution in [2.45, 2.75) is 0 Å². The van der Waals surface area contributed by atoms with Crippen molar-refractivity contribution >= 4 is 5.97 Å². The third-order valence-electron chi connectivity index (χ3n) is 0.828. The topological polar surface area (TPSA) is 175 Å². The SMILES string of the molecule is O=C([O-])c1nnnn1N[N+](=O)[O-].[NH4+]. The number of aromatic nitrogens is 4. The Hall–Kier alpha value is -2.30. The van der Waals surface area contributed by atoms with Crippen LogP contribution in [0.25, 0.3) is 0 Å². The molecule has 72 valence electrons. The molecule has 1 heterocycles. The highest BCUT2D eigenvalue weighted by atomic mass is 16.7. The summed E-state index contributed by atoms with van der Waals surface area (Å²) >= 11 is 0. The Kier molecular flexibility index (Phi) is 3.22. The number of aromatic carboxylic acids is 1. The van der Waals surface area contributed by atoms with Gasteiger partial charge in [0.25, 0.3) is 0 Å². The zero-order valence-electron chi connectivity index (χ0n) is 6.37. The highest BCUT2D eigenvalue weighted by molar-refractivity contribution is 5.80. The van der Waals surface area contributed by atoms with Crippen molar-refractivity contribution < 1.29 is 14.9 Å². The van der Waals surface area contributed by atoms with E-state index in [-0.39, 0.29) is 10.9 Å². The number of hydrogen-bond acceptors (Lipinski definition) is 7. The summed E-state index contributed by atoms with van der Waals surface area (Å²) in [6, 6.07) is 0. The van der Waals surface area contributed by atoms with Gasteiger partial charge in [-0.25, -0.2) is 0 Å². The van der Waals surface area contributed by atoms with Gasteiger partial charge in [0.2, 0.25) is 0 Å². The molecule has 0 bridgehead atoms. The number of hydrogen-bond donors (Lipinski definition) is 2. The number of hydrazine groups is 1. The maximum absolute atomic E-state index is 10.1. The van der Waals surface area contributed by atoms with Gasteiger partial charge in [-0.15, -0.1) is 0 Å². The van der Waals surface area contributed by atoms with Crippen LogP contribution < -0.4 is 16.8 Å². The van der Waals surface area contributed by atoms with Crippen molar-refractivity contribution in [2.24, 2.45) is 0 Å². The van der Waals surface area contributed by atoms with Gasteiger partial charge < -0.3 is 26.2 Å². The zero-order valence-corrected chi connectivity index (χ0v) is 6.37. The van der Waals surface area contributed by atoms with Gasteiger partial charge in [-0.2, -0.15) is 0 Å². The molecule has 0 saturated carbocycles. The van der Waals surface area contributed by atoms with Gasteiger partial charge in [0.05, 0.1) is 10.2 Å². The minimum atomic E-state index is -1.71. The van der Waals surface area contributed by atoms with Crippen LogP contribution in [-0.4, -0.2) is 31.3 Å². The molecule has 0 aliphatic rings. The predicted molar refractivity (Wildman–Crippen MR) is 34.5 cm³/mol. The molecule has 0 amide bonds. The first kappa shape index (κ1) is 10.7. The average Bonchev–Trinajstić information content (AvgIpc) is 2.33. The molecular weight excluding hydrogens is 186 g/mol. The smallest absolute Gasteiger partial charge is 0.315 e. The van der Waals surface area contributed by atoms with Crippen molar-refractivity contribution in [1.29, 1.82) is 0 Å². The highest BCUT2D eigenvalue weighted by Gasteiger charge is 2.13. The Morgan fingerprint density at radius 3 is 2.69 bits per heavy atom. The van der Waals surface area contributed by atoms with Crippen LogP contribution in [0, 0.1) is 10.1 Å². The van der Waals surface area contributed by atoms with E-state index >= 15 is 0 Å². The number of nitrogens with one attached hydrogen (secondary N) is 1. The molecule has 0 aliphatic heterocycles. The molecule has 1 aromatic heterocycles. The number of carboxylic acid groups (broad SMARTS) is 1. The zero-order chi connectivity index (χ0) is 9.14. The molecule has 0 unspecified atom stereocenters. The van der Waals surface area contributed by atoms with Crippen molar-refractivity contribution in [1.82, 2.24) is 26.5 Å². The van der Waals surface area contributed by atoms with E-state index in [1.54, 1.807) is 0 Å². The summed E-state index contributed by atoms with van der Waals surface area (Å²) < 4.78 is 0. The summed E-state index contributed by atoms with van der Waals surface area (Å²) in [7, 11) is 0. The van der Waals surface area contributed by atoms with Crippen LogP contribution in [0.2, 0.25) is 0 Å². The standard InChI is InChI=1S/C2H2N6O4.H3N/c9-2(10)1-3-4-5-7(1)6-8(11)12;/h6H,(H,9,10);1H3. The summed E-state index contributed by atoms with van der Waals surface area (Å²) in [5.74, 6) is -2.49. The van der Waals surface area contributed by atoms with Crippen LogP contribution in [-0.2, 0) is 0 Å². The maximum atomic E-state index is 10.1. The van der Waals surface area contributed by atoms with Crippen LogP contribution in [0.3, 0.4) is 0 Å². The minimum Gasteiger partial charge on any atom is -0.540 e. The number of carboxylic acids is 1. The van der Waals surface area contributed by atoms with Crippen LogP contribution in [0.5, 0.6) is 0 Å². The highest BCUT2D eigenvalue weighted by Crippen LogP contribution is 1.84. The second-order valence-corrected chi connectivity index (χ2v) is 1.56. The summed E-state index contributed by atoms with van der Waals surface area (Å²) in [6.07, 6.45) is 0. The fraction of sp³-hybridized carbons (Fsp3) is 0. The summed E-state index contributed by atoms with van der Waals surface area (Å²) in [5, 5.41) is 27.7. The van der Waals surface area contributed by atoms with E-state index in [4.69, 9.17) is 0 Å². The molecule has 0 saturated heterocycles. The first-order valence-corrected chi connectivity index (χ1v) is 2.52. The Morgan fingerprint density at radius 2 is 2.23 bits per heavy atom. The molecule has 11 heteroatoms. The average molecular weight is 191 g/mol. The van der Waals surface area contributed by atoms with Crippen LogP contribution >= 0.6 is 0 Å². The van der Waals surface area contributed by atoms with Crippen molar-refractivity contribution in [3.05, 3.63) is 15.9 Å². The molecule has 5 N–H and O–H groups in total. The van der Waals surface area contributed by atoms with Crippen LogP contribution in [0.15, 0.2) is 0 Å². The van der Waals surface area contributed by atoms with Crippen LogP contribution in [0.4, 0.5) is 0 Å². The first-order valence-electron chi connectivity index (χ1n) is 2.52. The molecule has 0 aromatic carbocycles. The molecular formula is C2H5N7O4. The minimum absolute atomic E-state index is 0. The Bertz CT molecular complexity index is 318. The molecule has 11 nitrogen and oxygen atoms in total. The summed E-state index contributed by atoms with van der Waals surface area (Å²) in [5.41, 5.74) is 1.42. The third kappa shape index (κ3) is 2.33. The molecule has 1 aromatic rings. The fourth-order valence-corrected chi connectivity index (χ4v) is 0.459. The predicted octanol–water partition coefficient (Wildman–Crippen LogP) is -2.85. The molecule has 1 rings (SSSR count). The molecule has 0 fully saturated rings. The van der Waals surface area contributed by atoms with Gasteiger partial charge in [0.15, 0.2) is 0 Å². The van der Waals surface area contributed by atoms with E-state index in [2.05, 4.69) is 15.5 Å². The second kappa shape index (κ2) is 3.91. The number of carbonyl (C=O) groups is 1. The number of tetrazole rings is 1. The van der Waals surface area contributed by atoms with E-state index in [0.717, 1.165) is 0 Å². The largest absolute Gasteiger partial charge is 0.540 e. The van der Waals surface area contributed by atoms with Gasteiger partial charge in [-0.1, -0.05) is 5.10 Å². The Labute approximate surface area is 70.0 Å². The van der Waals surface area contributed by atoms with E-state index in [1.807, 2.05) is 0 Å². The van der Waals surface area contributed by atoms with E-state index < -0.39 is 16.8 Å². The summed E-state index contributed by atoms with van der Waals surface area (Å²) in [4.78, 5) is 20.2. The van der Waals surface area contributed by atoms with Gasteiger partial charge in [0.1, 0.15) is 5.97 Å².